The molecule has 0 aliphatic rings. The number of nitrogens with zero attached hydrogens (tertiary/aromatic N) is 2. The quantitative estimate of drug-likeness (QED) is 0.331. The molecule has 3 rings (SSSR count). The molecule has 8 nitrogen and oxygen atoms in total. The number of nitrogens with one attached hydrogen (secondary N) is 1. The third-order valence-corrected chi connectivity index (χ3v) is 5.98. The highest BCUT2D eigenvalue weighted by molar-refractivity contribution is 5.93. The van der Waals surface area contributed by atoms with Crippen molar-refractivity contribution in [1.82, 2.24) is 15.3 Å². The topological polar surface area (TPSA) is 138 Å². The number of amides is 2. The summed E-state index contributed by atoms with van der Waals surface area (Å²) in [4.78, 5) is 33.8. The summed E-state index contributed by atoms with van der Waals surface area (Å²) in [6, 6.07) is 13.0. The standard InChI is InChI=1S/C26H31FN4O4/c1-25(2,35)10-11-26(24(28)34,13-17-6-5-7-18(27)12-17)14-19(32)15-30-23(33)22-16-29-20-8-3-4-9-21(20)31-22/h3-9,12,16,19,32,35H,10-11,13-15H2,1-2H3,(H2,28,34)(H,30,33). The van der Waals surface area contributed by atoms with Crippen LogP contribution in [0.4, 0.5) is 4.39 Å². The van der Waals surface area contributed by atoms with Crippen LogP contribution in [0.15, 0.2) is 54.7 Å². The predicted octanol–water partition coefficient (Wildman–Crippen LogP) is 2.52. The average molecular weight is 483 g/mol. The highest BCUT2D eigenvalue weighted by Gasteiger charge is 2.40. The summed E-state index contributed by atoms with van der Waals surface area (Å²) in [7, 11) is 0. The number of benzene rings is 2. The Morgan fingerprint density at radius 2 is 1.83 bits per heavy atom. The molecule has 0 saturated carbocycles. The number of hydrogen-bond donors (Lipinski definition) is 4. The Morgan fingerprint density at radius 1 is 1.11 bits per heavy atom. The molecule has 5 N–H and O–H groups in total. The summed E-state index contributed by atoms with van der Waals surface area (Å²) in [5.41, 5.74) is 5.33. The minimum atomic E-state index is -1.26. The van der Waals surface area contributed by atoms with Crippen molar-refractivity contribution in [3.63, 3.8) is 0 Å². The zero-order chi connectivity index (χ0) is 25.6. The van der Waals surface area contributed by atoms with Crippen LogP contribution in [-0.4, -0.2) is 50.2 Å². The van der Waals surface area contributed by atoms with Crippen molar-refractivity contribution >= 4 is 22.8 Å². The number of aliphatic hydroxyl groups is 2. The minimum Gasteiger partial charge on any atom is -0.391 e. The molecule has 0 fully saturated rings. The Balaban J connectivity index is 1.74. The first-order valence-corrected chi connectivity index (χ1v) is 11.4. The smallest absolute Gasteiger partial charge is 0.271 e. The van der Waals surface area contributed by atoms with E-state index >= 15 is 0 Å². The van der Waals surface area contributed by atoms with Gasteiger partial charge in [-0.25, -0.2) is 9.37 Å². The fourth-order valence-corrected chi connectivity index (χ4v) is 4.05. The second-order valence-corrected chi connectivity index (χ2v) is 9.58. The molecule has 186 valence electrons. The number of nitrogens with two attached hydrogens (primary N) is 1. The summed E-state index contributed by atoms with van der Waals surface area (Å²) in [5.74, 6) is -1.64. The molecular weight excluding hydrogens is 451 g/mol. The van der Waals surface area contributed by atoms with Crippen molar-refractivity contribution in [2.75, 3.05) is 6.54 Å². The van der Waals surface area contributed by atoms with Crippen LogP contribution in [0.25, 0.3) is 11.0 Å². The molecule has 0 aliphatic heterocycles. The van der Waals surface area contributed by atoms with Crippen molar-refractivity contribution < 1.29 is 24.2 Å². The van der Waals surface area contributed by atoms with E-state index in [2.05, 4.69) is 15.3 Å². The molecule has 9 heteroatoms. The van der Waals surface area contributed by atoms with Crippen LogP contribution in [0.2, 0.25) is 0 Å². The number of carbonyl (C=O) groups is 2. The number of carbonyl (C=O) groups excluding carboxylic acids is 2. The monoisotopic (exact) mass is 482 g/mol. The minimum absolute atomic E-state index is 0.0807. The molecule has 0 saturated heterocycles. The maximum Gasteiger partial charge on any atom is 0.271 e. The molecule has 3 aromatic rings. The van der Waals surface area contributed by atoms with E-state index in [1.54, 1.807) is 38.1 Å². The summed E-state index contributed by atoms with van der Waals surface area (Å²) in [6.07, 6.45) is 0.622. The van der Waals surface area contributed by atoms with Crippen molar-refractivity contribution in [3.05, 3.63) is 71.8 Å². The van der Waals surface area contributed by atoms with Gasteiger partial charge in [-0.15, -0.1) is 0 Å². The Morgan fingerprint density at radius 3 is 2.49 bits per heavy atom. The molecule has 35 heavy (non-hydrogen) atoms. The van der Waals surface area contributed by atoms with Gasteiger partial charge in [0.05, 0.1) is 34.4 Å². The lowest BCUT2D eigenvalue weighted by molar-refractivity contribution is -0.130. The van der Waals surface area contributed by atoms with E-state index < -0.39 is 34.8 Å². The van der Waals surface area contributed by atoms with Crippen molar-refractivity contribution in [1.29, 1.82) is 0 Å². The fourth-order valence-electron chi connectivity index (χ4n) is 4.05. The van der Waals surface area contributed by atoms with Gasteiger partial charge < -0.3 is 21.3 Å². The number of aromatic nitrogens is 2. The SMILES string of the molecule is CC(C)(O)CCC(Cc1cccc(F)c1)(CC(O)CNC(=O)c1cnc2ccccc2n1)C(N)=O. The van der Waals surface area contributed by atoms with Crippen molar-refractivity contribution in [3.8, 4) is 0 Å². The molecule has 1 aromatic heterocycles. The molecule has 2 aromatic carbocycles. The van der Waals surface area contributed by atoms with E-state index in [1.807, 2.05) is 6.07 Å². The van der Waals surface area contributed by atoms with E-state index in [-0.39, 0.29) is 37.9 Å². The van der Waals surface area contributed by atoms with Crippen LogP contribution in [-0.2, 0) is 11.2 Å². The number of fused-ring (bicyclic) bond motifs is 1. The van der Waals surface area contributed by atoms with Crippen LogP contribution < -0.4 is 11.1 Å². The highest BCUT2D eigenvalue weighted by Crippen LogP contribution is 2.36. The van der Waals surface area contributed by atoms with Crippen LogP contribution in [0, 0.1) is 11.2 Å². The summed E-state index contributed by atoms with van der Waals surface area (Å²) in [6.45, 7) is 3.07. The number of rotatable bonds is 11. The maximum absolute atomic E-state index is 13.8. The summed E-state index contributed by atoms with van der Waals surface area (Å²) in [5, 5.41) is 23.6. The van der Waals surface area contributed by atoms with E-state index in [1.165, 1.54) is 24.4 Å². The van der Waals surface area contributed by atoms with Gasteiger partial charge in [0.25, 0.3) is 5.91 Å². The number of para-hydroxylation sites is 2. The zero-order valence-electron chi connectivity index (χ0n) is 19.9. The average Bonchev–Trinajstić information content (AvgIpc) is 2.80. The Labute approximate surface area is 203 Å². The van der Waals surface area contributed by atoms with Crippen LogP contribution in [0.3, 0.4) is 0 Å². The largest absolute Gasteiger partial charge is 0.391 e. The van der Waals surface area contributed by atoms with Crippen molar-refractivity contribution in [2.45, 2.75) is 51.2 Å². The van der Waals surface area contributed by atoms with Gasteiger partial charge in [0.1, 0.15) is 11.5 Å². The third kappa shape index (κ3) is 7.27. The summed E-state index contributed by atoms with van der Waals surface area (Å²) < 4.78 is 13.8. The van der Waals surface area contributed by atoms with Gasteiger partial charge >= 0.3 is 0 Å². The molecule has 2 atom stereocenters. The molecule has 2 amide bonds. The lowest BCUT2D eigenvalue weighted by atomic mass is 9.71. The molecule has 0 bridgehead atoms. The maximum atomic E-state index is 13.8. The number of primary amides is 1. The van der Waals surface area contributed by atoms with E-state index in [4.69, 9.17) is 5.73 Å². The molecular formula is C26H31FN4O4. The second-order valence-electron chi connectivity index (χ2n) is 9.58. The van der Waals surface area contributed by atoms with Crippen LogP contribution in [0.5, 0.6) is 0 Å². The van der Waals surface area contributed by atoms with Gasteiger partial charge in [0.2, 0.25) is 5.91 Å². The molecule has 1 heterocycles. The van der Waals surface area contributed by atoms with E-state index in [0.717, 1.165) is 0 Å². The first kappa shape index (κ1) is 26.2. The normalized spacial score (nSPS) is 14.3. The fraction of sp³-hybridized carbons (Fsp3) is 0.385. The van der Waals surface area contributed by atoms with E-state index in [0.29, 0.717) is 16.6 Å². The van der Waals surface area contributed by atoms with Gasteiger partial charge in [-0.2, -0.15) is 0 Å². The molecule has 2 unspecified atom stereocenters. The molecule has 0 radical (unpaired) electrons. The highest BCUT2D eigenvalue weighted by atomic mass is 19.1. The van der Waals surface area contributed by atoms with Crippen LogP contribution >= 0.6 is 0 Å². The van der Waals surface area contributed by atoms with Gasteiger partial charge in [-0.1, -0.05) is 24.3 Å². The lowest BCUT2D eigenvalue weighted by Crippen LogP contribution is -2.45. The lowest BCUT2D eigenvalue weighted by Gasteiger charge is -2.35. The first-order valence-electron chi connectivity index (χ1n) is 11.4. The van der Waals surface area contributed by atoms with Gasteiger partial charge in [-0.05, 0) is 69.4 Å². The number of halogens is 1. The Kier molecular flexibility index (Phi) is 8.14. The van der Waals surface area contributed by atoms with Crippen molar-refractivity contribution in [2.24, 2.45) is 11.1 Å². The molecule has 0 aliphatic carbocycles. The number of hydrogen-bond acceptors (Lipinski definition) is 6. The Bertz CT molecular complexity index is 1200. The van der Waals surface area contributed by atoms with E-state index in [9.17, 15) is 24.2 Å². The van der Waals surface area contributed by atoms with Gasteiger partial charge in [-0.3, -0.25) is 14.6 Å². The second kappa shape index (κ2) is 10.9. The first-order chi connectivity index (χ1) is 16.5. The third-order valence-electron chi connectivity index (χ3n) is 5.98. The molecule has 0 spiro atoms. The van der Waals surface area contributed by atoms with Crippen LogP contribution in [0.1, 0.15) is 49.2 Å². The Hall–Kier alpha value is -3.43. The summed E-state index contributed by atoms with van der Waals surface area (Å²) >= 11 is 0. The number of aliphatic hydroxyl groups excluding tert-OH is 1. The van der Waals surface area contributed by atoms with Gasteiger partial charge in [0.15, 0.2) is 0 Å². The predicted molar refractivity (Wildman–Crippen MR) is 130 cm³/mol. The zero-order valence-corrected chi connectivity index (χ0v) is 19.9. The van der Waals surface area contributed by atoms with Gasteiger partial charge in [0, 0.05) is 6.54 Å².